The van der Waals surface area contributed by atoms with Gasteiger partial charge in [-0.15, -0.1) is 0 Å². The molecular weight excluding hydrogens is 498 g/mol. The maximum Gasteiger partial charge on any atom is 0.295 e. The topological polar surface area (TPSA) is 32.6 Å². The molecule has 3 heteroatoms. The van der Waals surface area contributed by atoms with Gasteiger partial charge in [-0.25, -0.2) is 4.57 Å². The summed E-state index contributed by atoms with van der Waals surface area (Å²) in [6, 6.07) is 37.0. The predicted molar refractivity (Wildman–Crippen MR) is 170 cm³/mol. The Labute approximate surface area is 242 Å². The van der Waals surface area contributed by atoms with E-state index in [9.17, 15) is 5.26 Å². The molecule has 0 N–H and O–H groups in total. The van der Waals surface area contributed by atoms with Crippen molar-refractivity contribution in [3.63, 3.8) is 0 Å². The Kier molecular flexibility index (Phi) is 6.72. The molecule has 1 aromatic heterocycles. The summed E-state index contributed by atoms with van der Waals surface area (Å²) in [7, 11) is 2.14. The van der Waals surface area contributed by atoms with E-state index in [2.05, 4.69) is 142 Å². The van der Waals surface area contributed by atoms with Crippen molar-refractivity contribution in [2.45, 2.75) is 46.5 Å². The number of hydrogen-bond acceptors (Lipinski definition) is 1. The maximum absolute atomic E-state index is 10.4. The summed E-state index contributed by atoms with van der Waals surface area (Å²) in [6.45, 7) is 11.3. The lowest BCUT2D eigenvalue weighted by Gasteiger charge is -2.21. The highest BCUT2D eigenvalue weighted by Crippen LogP contribution is 2.39. The van der Waals surface area contributed by atoms with E-state index in [1.54, 1.807) is 0 Å². The molecule has 202 valence electrons. The van der Waals surface area contributed by atoms with Gasteiger partial charge < -0.3 is 0 Å². The second-order valence-electron chi connectivity index (χ2n) is 11.7. The lowest BCUT2D eigenvalue weighted by Crippen LogP contribution is -2.37. The second kappa shape index (κ2) is 10.4. The lowest BCUT2D eigenvalue weighted by molar-refractivity contribution is -0.557. The van der Waals surface area contributed by atoms with Crippen LogP contribution in [0.5, 0.6) is 0 Å². The summed E-state index contributed by atoms with van der Waals surface area (Å²) < 4.78 is 4.69. The van der Waals surface area contributed by atoms with Gasteiger partial charge >= 0.3 is 0 Å². The molecule has 6 aromatic rings. The molecular formula is C38H36N3+. The average molecular weight is 535 g/mol. The zero-order valence-electron chi connectivity index (χ0n) is 24.7. The molecule has 0 aliphatic rings. The number of nitrogens with zero attached hydrogens (tertiary/aromatic N) is 3. The van der Waals surface area contributed by atoms with Crippen LogP contribution >= 0.6 is 0 Å². The largest absolute Gasteiger partial charge is 0.295 e. The number of imidazole rings is 1. The van der Waals surface area contributed by atoms with Gasteiger partial charge in [0.15, 0.2) is 11.0 Å². The molecule has 1 heterocycles. The zero-order chi connectivity index (χ0) is 28.8. The van der Waals surface area contributed by atoms with Gasteiger partial charge in [-0.05, 0) is 70.5 Å². The molecule has 0 bridgehead atoms. The number of aromatic nitrogens is 2. The van der Waals surface area contributed by atoms with Crippen LogP contribution in [0.15, 0.2) is 97.1 Å². The van der Waals surface area contributed by atoms with Crippen LogP contribution in [0, 0.1) is 18.3 Å². The van der Waals surface area contributed by atoms with Crippen LogP contribution in [0.4, 0.5) is 0 Å². The van der Waals surface area contributed by atoms with Crippen LogP contribution in [0.1, 0.15) is 61.8 Å². The van der Waals surface area contributed by atoms with Crippen LogP contribution in [0.2, 0.25) is 0 Å². The molecule has 0 spiro atoms. The highest BCUT2D eigenvalue weighted by molar-refractivity contribution is 5.97. The first-order chi connectivity index (χ1) is 19.8. The van der Waals surface area contributed by atoms with E-state index >= 15 is 0 Å². The van der Waals surface area contributed by atoms with E-state index in [1.165, 1.54) is 49.8 Å². The van der Waals surface area contributed by atoms with Crippen LogP contribution in [-0.4, -0.2) is 4.57 Å². The summed E-state index contributed by atoms with van der Waals surface area (Å²) in [5.74, 6) is 1.63. The standard InChI is InChI=1S/C38H36N3/c1-24(2)32-21-30(27-13-8-7-9-14-27)22-33(25(3)4)37(32)41-36-29(23-39)16-12-18-34(36)40(6)38(41)35-26(5)19-20-28-15-10-11-17-31(28)35/h7-22,24-25H,1-6H3/q+1. The van der Waals surface area contributed by atoms with Gasteiger partial charge in [0.1, 0.15) is 17.3 Å². The van der Waals surface area contributed by atoms with E-state index in [4.69, 9.17) is 0 Å². The molecule has 0 saturated heterocycles. The first-order valence-electron chi connectivity index (χ1n) is 14.5. The number of hydrogen-bond donors (Lipinski definition) is 0. The SMILES string of the molecule is Cc1ccc2ccccc2c1-c1n(C)c2cccc(C#N)c2[n+]1-c1c(C(C)C)cc(-c2ccccc2)cc1C(C)C. The molecule has 3 nitrogen and oxygen atoms in total. The van der Waals surface area contributed by atoms with Crippen LogP contribution < -0.4 is 4.57 Å². The molecule has 0 aliphatic carbocycles. The Morgan fingerprint density at radius 2 is 1.39 bits per heavy atom. The Hall–Kier alpha value is -4.68. The van der Waals surface area contributed by atoms with Crippen molar-refractivity contribution in [3.8, 4) is 34.3 Å². The molecule has 5 aromatic carbocycles. The Morgan fingerprint density at radius 1 is 0.732 bits per heavy atom. The maximum atomic E-state index is 10.4. The predicted octanol–water partition coefficient (Wildman–Crippen LogP) is 9.37. The molecule has 41 heavy (non-hydrogen) atoms. The van der Waals surface area contributed by atoms with Crippen molar-refractivity contribution >= 4 is 21.8 Å². The summed E-state index contributed by atoms with van der Waals surface area (Å²) >= 11 is 0. The van der Waals surface area contributed by atoms with E-state index in [1.807, 2.05) is 12.1 Å². The minimum Gasteiger partial charge on any atom is -0.225 e. The van der Waals surface area contributed by atoms with Gasteiger partial charge in [0, 0.05) is 11.1 Å². The zero-order valence-corrected chi connectivity index (χ0v) is 24.7. The van der Waals surface area contributed by atoms with Gasteiger partial charge in [0.2, 0.25) is 0 Å². The van der Waals surface area contributed by atoms with Gasteiger partial charge in [-0.2, -0.15) is 9.83 Å². The fourth-order valence-electron chi connectivity index (χ4n) is 6.29. The number of aryl methyl sites for hydroxylation is 2. The number of benzene rings is 5. The fourth-order valence-corrected chi connectivity index (χ4v) is 6.29. The Bertz CT molecular complexity index is 1940. The molecule has 0 aliphatic heterocycles. The smallest absolute Gasteiger partial charge is 0.225 e. The average Bonchev–Trinajstić information content (AvgIpc) is 3.28. The lowest BCUT2D eigenvalue weighted by atomic mass is 9.88. The fraction of sp³-hybridized carbons (Fsp3) is 0.211. The van der Waals surface area contributed by atoms with Crippen LogP contribution in [0.3, 0.4) is 0 Å². The highest BCUT2D eigenvalue weighted by atomic mass is 15.2. The second-order valence-corrected chi connectivity index (χ2v) is 11.7. The van der Waals surface area contributed by atoms with Crippen molar-refractivity contribution < 1.29 is 4.57 Å². The van der Waals surface area contributed by atoms with E-state index < -0.39 is 0 Å². The number of para-hydroxylation sites is 1. The van der Waals surface area contributed by atoms with Crippen LogP contribution in [-0.2, 0) is 7.05 Å². The van der Waals surface area contributed by atoms with Crippen molar-refractivity contribution in [1.82, 2.24) is 4.57 Å². The van der Waals surface area contributed by atoms with Crippen molar-refractivity contribution in [2.75, 3.05) is 0 Å². The van der Waals surface area contributed by atoms with E-state index in [-0.39, 0.29) is 11.8 Å². The molecule has 0 radical (unpaired) electrons. The molecule has 0 amide bonds. The van der Waals surface area contributed by atoms with Crippen molar-refractivity contribution in [2.24, 2.45) is 7.05 Å². The molecule has 0 saturated carbocycles. The summed E-state index contributed by atoms with van der Waals surface area (Å²) in [6.07, 6.45) is 0. The molecule has 0 fully saturated rings. The van der Waals surface area contributed by atoms with Gasteiger partial charge in [-0.1, -0.05) is 100 Å². The third-order valence-electron chi connectivity index (χ3n) is 8.35. The van der Waals surface area contributed by atoms with Crippen molar-refractivity contribution in [1.29, 1.82) is 5.26 Å². The monoisotopic (exact) mass is 534 g/mol. The normalized spacial score (nSPS) is 11.6. The quantitative estimate of drug-likeness (QED) is 0.203. The Balaban J connectivity index is 1.85. The first-order valence-corrected chi connectivity index (χ1v) is 14.5. The third kappa shape index (κ3) is 4.32. The first kappa shape index (κ1) is 26.5. The highest BCUT2D eigenvalue weighted by Gasteiger charge is 2.34. The van der Waals surface area contributed by atoms with Gasteiger partial charge in [0.05, 0.1) is 12.6 Å². The minimum absolute atomic E-state index is 0.268. The minimum atomic E-state index is 0.268. The summed E-state index contributed by atoms with van der Waals surface area (Å²) in [4.78, 5) is 0. The van der Waals surface area contributed by atoms with Gasteiger partial charge in [-0.3, -0.25) is 0 Å². The van der Waals surface area contributed by atoms with E-state index in [0.717, 1.165) is 16.9 Å². The van der Waals surface area contributed by atoms with Crippen molar-refractivity contribution in [3.05, 3.63) is 119 Å². The van der Waals surface area contributed by atoms with E-state index in [0.29, 0.717) is 5.56 Å². The molecule has 0 unspecified atom stereocenters. The number of fused-ring (bicyclic) bond motifs is 2. The molecule has 0 atom stereocenters. The number of rotatable bonds is 5. The molecule has 6 rings (SSSR count). The Morgan fingerprint density at radius 3 is 2.05 bits per heavy atom. The van der Waals surface area contributed by atoms with Gasteiger partial charge in [0.25, 0.3) is 5.82 Å². The third-order valence-corrected chi connectivity index (χ3v) is 8.35. The summed E-state index contributed by atoms with van der Waals surface area (Å²) in [5, 5.41) is 12.8. The summed E-state index contributed by atoms with van der Waals surface area (Å²) in [5.41, 5.74) is 11.3. The number of nitriles is 1. The van der Waals surface area contributed by atoms with Crippen LogP contribution in [0.25, 0.3) is 50.0 Å².